The van der Waals surface area contributed by atoms with Gasteiger partial charge in [-0.15, -0.1) is 0 Å². The first-order chi connectivity index (χ1) is 15.6. The summed E-state index contributed by atoms with van der Waals surface area (Å²) >= 11 is 0. The van der Waals surface area contributed by atoms with Crippen molar-refractivity contribution in [3.63, 3.8) is 0 Å². The van der Waals surface area contributed by atoms with E-state index >= 15 is 0 Å². The van der Waals surface area contributed by atoms with Gasteiger partial charge in [-0.25, -0.2) is 0 Å². The van der Waals surface area contributed by atoms with Crippen LogP contribution in [0.4, 0.5) is 5.69 Å². The van der Waals surface area contributed by atoms with Crippen molar-refractivity contribution in [2.45, 2.75) is 57.5 Å². The summed E-state index contributed by atoms with van der Waals surface area (Å²) in [7, 11) is 1.78. The second-order valence-corrected chi connectivity index (χ2v) is 9.09. The van der Waals surface area contributed by atoms with Crippen LogP contribution in [-0.4, -0.2) is 55.2 Å². The molecule has 5 nitrogen and oxygen atoms in total. The largest absolute Gasteiger partial charge is 0.489 e. The van der Waals surface area contributed by atoms with Gasteiger partial charge in [-0.3, -0.25) is 4.90 Å². The minimum absolute atomic E-state index is 0.00289. The molecule has 0 amide bonds. The van der Waals surface area contributed by atoms with E-state index in [1.165, 1.54) is 5.57 Å². The van der Waals surface area contributed by atoms with Crippen LogP contribution in [0.5, 0.6) is 5.75 Å². The van der Waals surface area contributed by atoms with Crippen molar-refractivity contribution in [3.05, 3.63) is 71.8 Å². The van der Waals surface area contributed by atoms with Crippen LogP contribution in [0.3, 0.4) is 0 Å². The molecule has 2 heterocycles. The molecule has 1 fully saturated rings. The standard InChI is InChI=1S/C27H36N2O3/c1-20(2)10-9-14-24(28-17-16-22(18-28)31-3)27(30)29-23-13-7-8-15-26(23)32-19-25(29)21-11-5-4-6-12-21/h4-8,10-13,15,22,24-25,27,30H,9,14,16-19H2,1-3H3. The summed E-state index contributed by atoms with van der Waals surface area (Å²) in [6, 6.07) is 18.4. The normalized spacial score (nSPS) is 22.7. The number of anilines is 1. The number of allylic oxidation sites excluding steroid dienone is 2. The fraction of sp³-hybridized carbons (Fsp3) is 0.481. The van der Waals surface area contributed by atoms with E-state index in [0.717, 1.165) is 49.4 Å². The van der Waals surface area contributed by atoms with Crippen LogP contribution in [-0.2, 0) is 4.74 Å². The maximum Gasteiger partial charge on any atom is 0.143 e. The number of benzene rings is 2. The lowest BCUT2D eigenvalue weighted by atomic mass is 9.99. The van der Waals surface area contributed by atoms with E-state index < -0.39 is 6.23 Å². The van der Waals surface area contributed by atoms with E-state index in [4.69, 9.17) is 9.47 Å². The van der Waals surface area contributed by atoms with E-state index in [-0.39, 0.29) is 18.2 Å². The lowest BCUT2D eigenvalue weighted by molar-refractivity contribution is 0.0301. The number of nitrogens with zero attached hydrogens (tertiary/aromatic N) is 2. The number of methoxy groups -OCH3 is 1. The minimum atomic E-state index is -0.661. The predicted molar refractivity (Wildman–Crippen MR) is 129 cm³/mol. The molecule has 4 rings (SSSR count). The number of ether oxygens (including phenoxy) is 2. The third-order valence-electron chi connectivity index (χ3n) is 6.68. The quantitative estimate of drug-likeness (QED) is 0.604. The van der Waals surface area contributed by atoms with Gasteiger partial charge in [0.2, 0.25) is 0 Å². The molecule has 2 aromatic rings. The highest BCUT2D eigenvalue weighted by Crippen LogP contribution is 2.41. The molecular formula is C27H36N2O3. The molecule has 1 N–H and O–H groups in total. The van der Waals surface area contributed by atoms with E-state index in [9.17, 15) is 5.11 Å². The lowest BCUT2D eigenvalue weighted by Gasteiger charge is -2.46. The minimum Gasteiger partial charge on any atom is -0.489 e. The molecule has 2 aromatic carbocycles. The Hall–Kier alpha value is -2.34. The number of likely N-dealkylation sites (tertiary alicyclic amines) is 1. The molecule has 0 aliphatic carbocycles. The molecular weight excluding hydrogens is 400 g/mol. The smallest absolute Gasteiger partial charge is 0.143 e. The maximum atomic E-state index is 12.0. The average molecular weight is 437 g/mol. The number of rotatable bonds is 8. The second kappa shape index (κ2) is 10.5. The van der Waals surface area contributed by atoms with Gasteiger partial charge in [0.05, 0.1) is 23.9 Å². The van der Waals surface area contributed by atoms with Gasteiger partial charge in [-0.1, -0.05) is 54.1 Å². The van der Waals surface area contributed by atoms with Crippen molar-refractivity contribution in [1.29, 1.82) is 0 Å². The second-order valence-electron chi connectivity index (χ2n) is 9.09. The van der Waals surface area contributed by atoms with Crippen LogP contribution in [0.2, 0.25) is 0 Å². The average Bonchev–Trinajstić information content (AvgIpc) is 3.30. The lowest BCUT2D eigenvalue weighted by Crippen LogP contribution is -2.54. The molecule has 0 bridgehead atoms. The van der Waals surface area contributed by atoms with Gasteiger partial charge >= 0.3 is 0 Å². The fourth-order valence-electron chi connectivity index (χ4n) is 4.96. The zero-order valence-electron chi connectivity index (χ0n) is 19.5. The van der Waals surface area contributed by atoms with E-state index in [1.807, 2.05) is 24.3 Å². The summed E-state index contributed by atoms with van der Waals surface area (Å²) in [6.45, 7) is 6.57. The van der Waals surface area contributed by atoms with E-state index in [1.54, 1.807) is 7.11 Å². The molecule has 2 aliphatic heterocycles. The van der Waals surface area contributed by atoms with Gasteiger partial charge < -0.3 is 19.5 Å². The topological polar surface area (TPSA) is 45.2 Å². The Kier molecular flexibility index (Phi) is 7.51. The van der Waals surface area contributed by atoms with Crippen LogP contribution in [0.1, 0.15) is 44.7 Å². The van der Waals surface area contributed by atoms with Gasteiger partial charge in [0.15, 0.2) is 0 Å². The van der Waals surface area contributed by atoms with Crippen LogP contribution in [0, 0.1) is 0 Å². The summed E-state index contributed by atoms with van der Waals surface area (Å²) in [5, 5.41) is 12.0. The number of hydrogen-bond acceptors (Lipinski definition) is 5. The van der Waals surface area contributed by atoms with Crippen LogP contribution >= 0.6 is 0 Å². The van der Waals surface area contributed by atoms with Crippen molar-refractivity contribution in [1.82, 2.24) is 4.90 Å². The SMILES string of the molecule is COC1CCN(C(CCC=C(C)C)C(O)N2c3ccccc3OCC2c2ccccc2)C1. The maximum absolute atomic E-state index is 12.0. The number of fused-ring (bicyclic) bond motifs is 1. The number of aliphatic hydroxyl groups is 1. The first-order valence-electron chi connectivity index (χ1n) is 11.7. The summed E-state index contributed by atoms with van der Waals surface area (Å²) < 4.78 is 11.8. The van der Waals surface area contributed by atoms with Crippen LogP contribution in [0.15, 0.2) is 66.2 Å². The van der Waals surface area contributed by atoms with E-state index in [2.05, 4.69) is 60.1 Å². The first kappa shape index (κ1) is 22.8. The third-order valence-corrected chi connectivity index (χ3v) is 6.68. The van der Waals surface area contributed by atoms with Gasteiger partial charge in [0, 0.05) is 20.2 Å². The summed E-state index contributed by atoms with van der Waals surface area (Å²) in [5.74, 6) is 0.831. The first-order valence-corrected chi connectivity index (χ1v) is 11.7. The van der Waals surface area contributed by atoms with Crippen LogP contribution < -0.4 is 9.64 Å². The van der Waals surface area contributed by atoms with E-state index in [0.29, 0.717) is 6.61 Å². The summed E-state index contributed by atoms with van der Waals surface area (Å²) in [4.78, 5) is 4.60. The Morgan fingerprint density at radius 1 is 1.16 bits per heavy atom. The molecule has 4 unspecified atom stereocenters. The van der Waals surface area contributed by atoms with Gasteiger partial charge in [-0.2, -0.15) is 0 Å². The van der Waals surface area contributed by atoms with Gasteiger partial charge in [-0.05, 0) is 50.8 Å². The van der Waals surface area contributed by atoms with Gasteiger partial charge in [0.1, 0.15) is 18.6 Å². The number of para-hydroxylation sites is 2. The molecule has 4 atom stereocenters. The number of hydrogen-bond donors (Lipinski definition) is 1. The Morgan fingerprint density at radius 2 is 1.91 bits per heavy atom. The molecule has 0 spiro atoms. The van der Waals surface area contributed by atoms with Crippen molar-refractivity contribution >= 4 is 5.69 Å². The monoisotopic (exact) mass is 436 g/mol. The Morgan fingerprint density at radius 3 is 2.62 bits per heavy atom. The van der Waals surface area contributed by atoms with Crippen molar-refractivity contribution < 1.29 is 14.6 Å². The zero-order valence-corrected chi connectivity index (χ0v) is 19.5. The van der Waals surface area contributed by atoms with Crippen molar-refractivity contribution in [2.75, 3.05) is 31.7 Å². The molecule has 2 aliphatic rings. The highest BCUT2D eigenvalue weighted by Gasteiger charge is 2.40. The van der Waals surface area contributed by atoms with Crippen LogP contribution in [0.25, 0.3) is 0 Å². The molecule has 0 saturated carbocycles. The highest BCUT2D eigenvalue weighted by molar-refractivity contribution is 5.62. The number of aliphatic hydroxyl groups excluding tert-OH is 1. The summed E-state index contributed by atoms with van der Waals surface area (Å²) in [6.07, 6.45) is 4.68. The Balaban J connectivity index is 1.68. The molecule has 1 saturated heterocycles. The highest BCUT2D eigenvalue weighted by atomic mass is 16.5. The predicted octanol–water partition coefficient (Wildman–Crippen LogP) is 4.78. The molecule has 0 radical (unpaired) electrons. The summed E-state index contributed by atoms with van der Waals surface area (Å²) in [5.41, 5.74) is 3.42. The van der Waals surface area contributed by atoms with Crippen molar-refractivity contribution in [3.8, 4) is 5.75 Å². The molecule has 5 heteroatoms. The third kappa shape index (κ3) is 5.01. The molecule has 0 aromatic heterocycles. The Bertz CT molecular complexity index is 897. The Labute approximate surface area is 192 Å². The zero-order chi connectivity index (χ0) is 22.5. The van der Waals surface area contributed by atoms with Gasteiger partial charge in [0.25, 0.3) is 0 Å². The molecule has 32 heavy (non-hydrogen) atoms. The fourth-order valence-corrected chi connectivity index (χ4v) is 4.96. The van der Waals surface area contributed by atoms with Crippen molar-refractivity contribution in [2.24, 2.45) is 0 Å². The molecule has 172 valence electrons.